The largest absolute Gasteiger partial charge is 0.398 e. The van der Waals surface area contributed by atoms with Crippen molar-refractivity contribution >= 4 is 33.0 Å². The molecule has 0 atom stereocenters. The maximum Gasteiger partial charge on any atom is 0.264 e. The molecule has 0 amide bonds. The maximum atomic E-state index is 13.5. The third-order valence-electron chi connectivity index (χ3n) is 2.50. The van der Waals surface area contributed by atoms with Crippen LogP contribution in [0.15, 0.2) is 35.2 Å². The van der Waals surface area contributed by atoms with Crippen LogP contribution in [0.5, 0.6) is 0 Å². The first-order valence-corrected chi connectivity index (χ1v) is 7.29. The molecule has 2 aromatic rings. The average molecular weight is 337 g/mol. The SMILES string of the molecule is Nc1ccc(Cl)cc1S(=O)(=O)Nc1cc(F)cc(F)c1F. The molecule has 0 aliphatic rings. The molecule has 4 nitrogen and oxygen atoms in total. The highest BCUT2D eigenvalue weighted by Gasteiger charge is 2.21. The number of nitrogens with two attached hydrogens (primary N) is 1. The maximum absolute atomic E-state index is 13.5. The Morgan fingerprint density at radius 3 is 2.43 bits per heavy atom. The van der Waals surface area contributed by atoms with Crippen molar-refractivity contribution < 1.29 is 21.6 Å². The Morgan fingerprint density at radius 2 is 1.76 bits per heavy atom. The van der Waals surface area contributed by atoms with Gasteiger partial charge in [-0.2, -0.15) is 0 Å². The summed E-state index contributed by atoms with van der Waals surface area (Å²) in [5, 5.41) is 0.0791. The summed E-state index contributed by atoms with van der Waals surface area (Å²) in [4.78, 5) is -0.431. The van der Waals surface area contributed by atoms with Crippen LogP contribution in [0.3, 0.4) is 0 Å². The molecule has 0 saturated carbocycles. The van der Waals surface area contributed by atoms with Crippen LogP contribution in [-0.2, 0) is 10.0 Å². The monoisotopic (exact) mass is 336 g/mol. The molecular formula is C12H8ClF3N2O2S. The number of hydrogen-bond donors (Lipinski definition) is 2. The van der Waals surface area contributed by atoms with E-state index in [-0.39, 0.29) is 10.7 Å². The van der Waals surface area contributed by atoms with Gasteiger partial charge < -0.3 is 5.73 Å². The van der Waals surface area contributed by atoms with Gasteiger partial charge in [-0.3, -0.25) is 4.72 Å². The summed E-state index contributed by atoms with van der Waals surface area (Å²) in [6.07, 6.45) is 0. The van der Waals surface area contributed by atoms with E-state index < -0.39 is 38.1 Å². The standard InChI is InChI=1S/C12H8ClF3N2O2S/c13-6-1-2-9(17)11(3-6)21(19,20)18-10-5-7(14)4-8(15)12(10)16/h1-5,18H,17H2. The van der Waals surface area contributed by atoms with E-state index in [1.165, 1.54) is 12.1 Å². The van der Waals surface area contributed by atoms with E-state index in [1.54, 1.807) is 4.72 Å². The molecule has 0 aliphatic carbocycles. The summed E-state index contributed by atoms with van der Waals surface area (Å²) in [7, 11) is -4.36. The van der Waals surface area contributed by atoms with Crippen LogP contribution in [0, 0.1) is 17.5 Å². The molecule has 0 bridgehead atoms. The first-order chi connectivity index (χ1) is 9.70. The molecule has 112 valence electrons. The Morgan fingerprint density at radius 1 is 1.10 bits per heavy atom. The van der Waals surface area contributed by atoms with Crippen molar-refractivity contribution in [3.8, 4) is 0 Å². The Kier molecular flexibility index (Phi) is 4.02. The molecule has 0 aromatic heterocycles. The van der Waals surface area contributed by atoms with Gasteiger partial charge in [-0.1, -0.05) is 11.6 Å². The number of sulfonamides is 1. The minimum Gasteiger partial charge on any atom is -0.398 e. The zero-order chi connectivity index (χ0) is 15.8. The van der Waals surface area contributed by atoms with Gasteiger partial charge in [0.15, 0.2) is 11.6 Å². The first-order valence-electron chi connectivity index (χ1n) is 5.43. The highest BCUT2D eigenvalue weighted by Crippen LogP contribution is 2.27. The van der Waals surface area contributed by atoms with Crippen LogP contribution in [0.4, 0.5) is 24.5 Å². The van der Waals surface area contributed by atoms with Crippen molar-refractivity contribution in [3.05, 3.63) is 52.8 Å². The lowest BCUT2D eigenvalue weighted by molar-refractivity contribution is 0.498. The minimum absolute atomic E-state index is 0.0791. The van der Waals surface area contributed by atoms with Crippen molar-refractivity contribution in [2.24, 2.45) is 0 Å². The first kappa shape index (κ1) is 15.5. The van der Waals surface area contributed by atoms with E-state index >= 15 is 0 Å². The molecule has 0 unspecified atom stereocenters. The molecule has 0 spiro atoms. The van der Waals surface area contributed by atoms with Crippen LogP contribution in [0.1, 0.15) is 0 Å². The van der Waals surface area contributed by atoms with Crippen molar-refractivity contribution in [1.29, 1.82) is 0 Å². The van der Waals surface area contributed by atoms with Gasteiger partial charge in [0.2, 0.25) is 0 Å². The fraction of sp³-hybridized carbons (Fsp3) is 0. The van der Waals surface area contributed by atoms with Crippen molar-refractivity contribution in [2.45, 2.75) is 4.90 Å². The van der Waals surface area contributed by atoms with Gasteiger partial charge in [0.05, 0.1) is 11.4 Å². The molecule has 2 rings (SSSR count). The molecule has 21 heavy (non-hydrogen) atoms. The highest BCUT2D eigenvalue weighted by atomic mass is 35.5. The second-order valence-corrected chi connectivity index (χ2v) is 6.12. The van der Waals surface area contributed by atoms with E-state index in [2.05, 4.69) is 0 Å². The van der Waals surface area contributed by atoms with E-state index in [4.69, 9.17) is 17.3 Å². The summed E-state index contributed by atoms with van der Waals surface area (Å²) in [5.74, 6) is -4.18. The van der Waals surface area contributed by atoms with Gasteiger partial charge in [0, 0.05) is 17.2 Å². The number of anilines is 2. The number of benzene rings is 2. The topological polar surface area (TPSA) is 72.2 Å². The van der Waals surface area contributed by atoms with E-state index in [9.17, 15) is 21.6 Å². The van der Waals surface area contributed by atoms with Crippen molar-refractivity contribution in [1.82, 2.24) is 0 Å². The van der Waals surface area contributed by atoms with Gasteiger partial charge >= 0.3 is 0 Å². The van der Waals surface area contributed by atoms with E-state index in [0.717, 1.165) is 6.07 Å². The van der Waals surface area contributed by atoms with Gasteiger partial charge in [0.1, 0.15) is 10.7 Å². The molecule has 3 N–H and O–H groups in total. The number of rotatable bonds is 3. The smallest absolute Gasteiger partial charge is 0.264 e. The normalized spacial score (nSPS) is 11.4. The summed E-state index contributed by atoms with van der Waals surface area (Å²) >= 11 is 5.67. The average Bonchev–Trinajstić information content (AvgIpc) is 2.37. The van der Waals surface area contributed by atoms with Crippen LogP contribution in [-0.4, -0.2) is 8.42 Å². The molecule has 0 radical (unpaired) electrons. The van der Waals surface area contributed by atoms with E-state index in [1.807, 2.05) is 0 Å². The van der Waals surface area contributed by atoms with Gasteiger partial charge in [-0.25, -0.2) is 21.6 Å². The van der Waals surface area contributed by atoms with Crippen LogP contribution in [0.2, 0.25) is 5.02 Å². The molecule has 9 heteroatoms. The van der Waals surface area contributed by atoms with Crippen molar-refractivity contribution in [3.63, 3.8) is 0 Å². The highest BCUT2D eigenvalue weighted by molar-refractivity contribution is 7.92. The fourth-order valence-corrected chi connectivity index (χ4v) is 3.02. The van der Waals surface area contributed by atoms with Gasteiger partial charge in [-0.15, -0.1) is 0 Å². The quantitative estimate of drug-likeness (QED) is 0.668. The third kappa shape index (κ3) is 3.22. The molecule has 2 aromatic carbocycles. The number of hydrogen-bond acceptors (Lipinski definition) is 3. The molecule has 0 saturated heterocycles. The second kappa shape index (κ2) is 5.45. The molecule has 0 fully saturated rings. The second-order valence-electron chi connectivity index (χ2n) is 4.04. The number of halogens is 4. The predicted molar refractivity (Wildman–Crippen MR) is 73.0 cm³/mol. The lowest BCUT2D eigenvalue weighted by atomic mass is 10.3. The summed E-state index contributed by atoms with van der Waals surface area (Å²) in [5.41, 5.74) is 4.49. The van der Waals surface area contributed by atoms with Crippen LogP contribution < -0.4 is 10.5 Å². The van der Waals surface area contributed by atoms with Crippen LogP contribution >= 0.6 is 11.6 Å². The predicted octanol–water partition coefficient (Wildman–Crippen LogP) is 3.14. The van der Waals surface area contributed by atoms with E-state index in [0.29, 0.717) is 12.1 Å². The Hall–Kier alpha value is -1.93. The summed E-state index contributed by atoms with van der Waals surface area (Å²) in [6, 6.07) is 4.43. The zero-order valence-electron chi connectivity index (χ0n) is 10.2. The van der Waals surface area contributed by atoms with Gasteiger partial charge in [0.25, 0.3) is 10.0 Å². The molecular weight excluding hydrogens is 329 g/mol. The minimum atomic E-state index is -4.36. The Labute approximate surface area is 123 Å². The third-order valence-corrected chi connectivity index (χ3v) is 4.16. The summed E-state index contributed by atoms with van der Waals surface area (Å²) < 4.78 is 65.5. The fourth-order valence-electron chi connectivity index (χ4n) is 1.57. The molecule has 0 heterocycles. The van der Waals surface area contributed by atoms with Gasteiger partial charge in [-0.05, 0) is 18.2 Å². The van der Waals surface area contributed by atoms with Crippen molar-refractivity contribution in [2.75, 3.05) is 10.5 Å². The Balaban J connectivity index is 2.50. The molecule has 0 aliphatic heterocycles. The lowest BCUT2D eigenvalue weighted by Crippen LogP contribution is -2.16. The lowest BCUT2D eigenvalue weighted by Gasteiger charge is -2.11. The van der Waals surface area contributed by atoms with Crippen LogP contribution in [0.25, 0.3) is 0 Å². The number of nitrogens with one attached hydrogen (secondary N) is 1. The number of nitrogen functional groups attached to an aromatic ring is 1. The zero-order valence-corrected chi connectivity index (χ0v) is 11.8. The Bertz CT molecular complexity index is 812. The summed E-state index contributed by atoms with van der Waals surface area (Å²) in [6.45, 7) is 0.